The molecule has 0 N–H and O–H groups in total. The molecule has 1 aliphatic heterocycles. The Balaban J connectivity index is 1.87. The van der Waals surface area contributed by atoms with Crippen molar-refractivity contribution in [2.75, 3.05) is 13.2 Å². The predicted molar refractivity (Wildman–Crippen MR) is 71.6 cm³/mol. The molecule has 110 valence electrons. The Morgan fingerprint density at radius 2 is 2.00 bits per heavy atom. The molecule has 1 heterocycles. The summed E-state index contributed by atoms with van der Waals surface area (Å²) in [5.41, 5.74) is -0.257. The molecule has 4 heteroatoms. The molecule has 1 saturated carbocycles. The highest BCUT2D eigenvalue weighted by Gasteiger charge is 2.57. The standard InChI is InChI=1S/C15H26O4/c1-6-15(5,14(4)7-8-14)12(16)17-9-11-10-18-13(2,3)19-11/h11H,6-10H2,1-5H3. The van der Waals surface area contributed by atoms with Crippen LogP contribution in [0.25, 0.3) is 0 Å². The Hall–Kier alpha value is -0.610. The lowest BCUT2D eigenvalue weighted by Crippen LogP contribution is -2.38. The van der Waals surface area contributed by atoms with E-state index in [1.807, 2.05) is 20.8 Å². The van der Waals surface area contributed by atoms with Crippen LogP contribution in [0.2, 0.25) is 0 Å². The zero-order valence-corrected chi connectivity index (χ0v) is 12.7. The molecule has 2 atom stereocenters. The predicted octanol–water partition coefficient (Wildman–Crippen LogP) is 2.90. The number of hydrogen-bond acceptors (Lipinski definition) is 4. The molecule has 2 aliphatic rings. The molecule has 1 aliphatic carbocycles. The molecule has 0 aromatic carbocycles. The second-order valence-corrected chi connectivity index (χ2v) is 6.80. The molecule has 4 nitrogen and oxygen atoms in total. The Morgan fingerprint density at radius 1 is 1.37 bits per heavy atom. The lowest BCUT2D eigenvalue weighted by atomic mass is 9.73. The van der Waals surface area contributed by atoms with Gasteiger partial charge in [-0.1, -0.05) is 13.8 Å². The number of carbonyl (C=O) groups is 1. The van der Waals surface area contributed by atoms with Crippen LogP contribution in [0.5, 0.6) is 0 Å². The third-order valence-electron chi connectivity index (χ3n) is 4.96. The smallest absolute Gasteiger partial charge is 0.312 e. The van der Waals surface area contributed by atoms with E-state index in [0.29, 0.717) is 6.61 Å². The molecule has 1 saturated heterocycles. The van der Waals surface area contributed by atoms with E-state index >= 15 is 0 Å². The molecule has 19 heavy (non-hydrogen) atoms. The van der Waals surface area contributed by atoms with Gasteiger partial charge in [-0.25, -0.2) is 0 Å². The fraction of sp³-hybridized carbons (Fsp3) is 0.933. The maximum Gasteiger partial charge on any atom is 0.312 e. The van der Waals surface area contributed by atoms with Crippen molar-refractivity contribution in [3.63, 3.8) is 0 Å². The summed E-state index contributed by atoms with van der Waals surface area (Å²) in [4.78, 5) is 12.4. The van der Waals surface area contributed by atoms with Gasteiger partial charge in [-0.2, -0.15) is 0 Å². The molecular formula is C15H26O4. The summed E-state index contributed by atoms with van der Waals surface area (Å²) in [6.07, 6.45) is 2.90. The van der Waals surface area contributed by atoms with Crippen LogP contribution in [-0.2, 0) is 19.0 Å². The average molecular weight is 270 g/mol. The monoisotopic (exact) mass is 270 g/mol. The number of hydrogen-bond donors (Lipinski definition) is 0. The highest BCUT2D eigenvalue weighted by Crippen LogP contribution is 2.60. The van der Waals surface area contributed by atoms with Gasteiger partial charge in [0.05, 0.1) is 12.0 Å². The van der Waals surface area contributed by atoms with E-state index in [2.05, 4.69) is 13.8 Å². The molecule has 0 aromatic heterocycles. The van der Waals surface area contributed by atoms with Crippen molar-refractivity contribution in [3.8, 4) is 0 Å². The summed E-state index contributed by atoms with van der Waals surface area (Å²) in [6, 6.07) is 0. The van der Waals surface area contributed by atoms with Crippen LogP contribution in [0, 0.1) is 10.8 Å². The molecular weight excluding hydrogens is 244 g/mol. The summed E-state index contributed by atoms with van der Waals surface area (Å²) in [7, 11) is 0. The van der Waals surface area contributed by atoms with Gasteiger partial charge in [0.2, 0.25) is 0 Å². The van der Waals surface area contributed by atoms with Crippen LogP contribution in [0.15, 0.2) is 0 Å². The quantitative estimate of drug-likeness (QED) is 0.721. The van der Waals surface area contributed by atoms with Crippen LogP contribution in [-0.4, -0.2) is 31.1 Å². The molecule has 0 spiro atoms. The van der Waals surface area contributed by atoms with Crippen LogP contribution >= 0.6 is 0 Å². The number of ether oxygens (including phenoxy) is 3. The lowest BCUT2D eigenvalue weighted by Gasteiger charge is -2.33. The van der Waals surface area contributed by atoms with E-state index < -0.39 is 5.79 Å². The van der Waals surface area contributed by atoms with Crippen molar-refractivity contribution in [1.29, 1.82) is 0 Å². The number of esters is 1. The summed E-state index contributed by atoms with van der Waals surface area (Å²) < 4.78 is 16.6. The summed E-state index contributed by atoms with van der Waals surface area (Å²) in [5.74, 6) is -0.656. The first-order valence-corrected chi connectivity index (χ1v) is 7.21. The normalized spacial score (nSPS) is 30.7. The average Bonchev–Trinajstić information content (AvgIpc) is 3.01. The summed E-state index contributed by atoms with van der Waals surface area (Å²) >= 11 is 0. The zero-order valence-electron chi connectivity index (χ0n) is 12.7. The van der Waals surface area contributed by atoms with Gasteiger partial charge in [0.15, 0.2) is 5.79 Å². The van der Waals surface area contributed by atoms with E-state index in [4.69, 9.17) is 14.2 Å². The fourth-order valence-electron chi connectivity index (χ4n) is 2.73. The first kappa shape index (κ1) is 14.8. The zero-order chi connectivity index (χ0) is 14.3. The van der Waals surface area contributed by atoms with Gasteiger partial charge in [-0.05, 0) is 45.4 Å². The van der Waals surface area contributed by atoms with Crippen LogP contribution in [0.1, 0.15) is 53.9 Å². The van der Waals surface area contributed by atoms with Crippen molar-refractivity contribution < 1.29 is 19.0 Å². The summed E-state index contributed by atoms with van der Waals surface area (Å²) in [6.45, 7) is 10.8. The van der Waals surface area contributed by atoms with Gasteiger partial charge in [0.25, 0.3) is 0 Å². The summed E-state index contributed by atoms with van der Waals surface area (Å²) in [5, 5.41) is 0. The van der Waals surface area contributed by atoms with Crippen molar-refractivity contribution >= 4 is 5.97 Å². The molecule has 2 unspecified atom stereocenters. The Morgan fingerprint density at radius 3 is 2.42 bits per heavy atom. The number of rotatable bonds is 5. The van der Waals surface area contributed by atoms with Crippen LogP contribution in [0.4, 0.5) is 0 Å². The third kappa shape index (κ3) is 2.79. The third-order valence-corrected chi connectivity index (χ3v) is 4.96. The van der Waals surface area contributed by atoms with E-state index in [9.17, 15) is 4.79 Å². The van der Waals surface area contributed by atoms with E-state index in [-0.39, 0.29) is 29.5 Å². The minimum atomic E-state index is -0.562. The molecule has 0 aromatic rings. The van der Waals surface area contributed by atoms with Crippen LogP contribution < -0.4 is 0 Å². The van der Waals surface area contributed by atoms with Crippen LogP contribution in [0.3, 0.4) is 0 Å². The van der Waals surface area contributed by atoms with Gasteiger partial charge >= 0.3 is 5.97 Å². The van der Waals surface area contributed by atoms with Crippen molar-refractivity contribution in [1.82, 2.24) is 0 Å². The van der Waals surface area contributed by atoms with Crippen molar-refractivity contribution in [3.05, 3.63) is 0 Å². The minimum Gasteiger partial charge on any atom is -0.462 e. The topological polar surface area (TPSA) is 44.8 Å². The SMILES string of the molecule is CCC(C)(C(=O)OCC1COC(C)(C)O1)C1(C)CC1. The molecule has 2 rings (SSSR count). The largest absolute Gasteiger partial charge is 0.462 e. The fourth-order valence-corrected chi connectivity index (χ4v) is 2.73. The van der Waals surface area contributed by atoms with Gasteiger partial charge in [0.1, 0.15) is 12.7 Å². The molecule has 0 radical (unpaired) electrons. The maximum absolute atomic E-state index is 12.4. The van der Waals surface area contributed by atoms with Crippen molar-refractivity contribution in [2.24, 2.45) is 10.8 Å². The van der Waals surface area contributed by atoms with Gasteiger partial charge in [-0.15, -0.1) is 0 Å². The van der Waals surface area contributed by atoms with E-state index in [0.717, 1.165) is 19.3 Å². The number of carbonyl (C=O) groups excluding carboxylic acids is 1. The first-order chi connectivity index (χ1) is 8.72. The van der Waals surface area contributed by atoms with E-state index in [1.165, 1.54) is 0 Å². The highest BCUT2D eigenvalue weighted by molar-refractivity contribution is 5.78. The minimum absolute atomic E-state index is 0.0942. The van der Waals surface area contributed by atoms with Gasteiger partial charge in [-0.3, -0.25) is 4.79 Å². The van der Waals surface area contributed by atoms with Gasteiger partial charge in [0, 0.05) is 0 Å². The second kappa shape index (κ2) is 4.74. The first-order valence-electron chi connectivity index (χ1n) is 7.21. The Bertz CT molecular complexity index is 359. The van der Waals surface area contributed by atoms with Gasteiger partial charge < -0.3 is 14.2 Å². The maximum atomic E-state index is 12.4. The molecule has 0 bridgehead atoms. The lowest BCUT2D eigenvalue weighted by molar-refractivity contribution is -0.169. The van der Waals surface area contributed by atoms with Crippen molar-refractivity contribution in [2.45, 2.75) is 65.8 Å². The highest BCUT2D eigenvalue weighted by atomic mass is 16.7. The second-order valence-electron chi connectivity index (χ2n) is 6.80. The molecule has 2 fully saturated rings. The Kier molecular flexibility index (Phi) is 3.69. The molecule has 0 amide bonds. The van der Waals surface area contributed by atoms with E-state index in [1.54, 1.807) is 0 Å². The Labute approximate surface area is 115 Å².